The van der Waals surface area contributed by atoms with Crippen molar-refractivity contribution in [2.45, 2.75) is 38.8 Å². The Labute approximate surface area is 164 Å². The van der Waals surface area contributed by atoms with Crippen LogP contribution in [0.15, 0.2) is 48.5 Å². The van der Waals surface area contributed by atoms with E-state index in [1.54, 1.807) is 23.1 Å². The molecule has 28 heavy (non-hydrogen) atoms. The molecule has 0 spiro atoms. The number of nitrogens with one attached hydrogen (secondary N) is 1. The van der Waals surface area contributed by atoms with Crippen LogP contribution in [0.5, 0.6) is 0 Å². The first-order valence-corrected chi connectivity index (χ1v) is 9.39. The van der Waals surface area contributed by atoms with Crippen LogP contribution in [0, 0.1) is 6.92 Å². The standard InChI is InChI=1S/C22H24N2O4/c1-15-6-2-3-9-18(15)19(13-21(26)27)23-22(28)17-8-4-7-16(12-17)14-24-11-5-10-20(24)25/h2-4,6-9,12,19H,5,10-11,13-14H2,1H3,(H,23,28)(H,26,27)/t19-/m0/s1. The average Bonchev–Trinajstić information content (AvgIpc) is 3.06. The predicted molar refractivity (Wildman–Crippen MR) is 105 cm³/mol. The van der Waals surface area contributed by atoms with Gasteiger partial charge in [0.05, 0.1) is 12.5 Å². The average molecular weight is 380 g/mol. The van der Waals surface area contributed by atoms with E-state index in [1.807, 2.05) is 37.3 Å². The second-order valence-corrected chi connectivity index (χ2v) is 7.10. The quantitative estimate of drug-likeness (QED) is 0.773. The molecule has 6 nitrogen and oxygen atoms in total. The monoisotopic (exact) mass is 380 g/mol. The SMILES string of the molecule is Cc1ccccc1[C@H](CC(=O)O)NC(=O)c1cccc(CN2CCCC2=O)c1. The predicted octanol–water partition coefficient (Wildman–Crippen LogP) is 3.06. The maximum atomic E-state index is 12.8. The highest BCUT2D eigenvalue weighted by Gasteiger charge is 2.22. The summed E-state index contributed by atoms with van der Waals surface area (Å²) in [7, 11) is 0. The first-order valence-electron chi connectivity index (χ1n) is 9.39. The number of carboxylic acid groups (broad SMARTS) is 1. The molecular weight excluding hydrogens is 356 g/mol. The molecule has 0 aromatic heterocycles. The van der Waals surface area contributed by atoms with Crippen LogP contribution < -0.4 is 5.32 Å². The molecule has 0 aliphatic carbocycles. The number of rotatable bonds is 7. The maximum Gasteiger partial charge on any atom is 0.305 e. The van der Waals surface area contributed by atoms with Gasteiger partial charge in [-0.3, -0.25) is 14.4 Å². The van der Waals surface area contributed by atoms with E-state index in [1.165, 1.54) is 0 Å². The van der Waals surface area contributed by atoms with Gasteiger partial charge in [-0.1, -0.05) is 36.4 Å². The number of likely N-dealkylation sites (tertiary alicyclic amines) is 1. The Bertz CT molecular complexity index is 894. The third-order valence-corrected chi connectivity index (χ3v) is 4.98. The fraction of sp³-hybridized carbons (Fsp3) is 0.318. The van der Waals surface area contributed by atoms with Gasteiger partial charge in [-0.05, 0) is 42.2 Å². The van der Waals surface area contributed by atoms with Crippen molar-refractivity contribution in [2.75, 3.05) is 6.54 Å². The lowest BCUT2D eigenvalue weighted by Gasteiger charge is -2.20. The highest BCUT2D eigenvalue weighted by Crippen LogP contribution is 2.22. The minimum absolute atomic E-state index is 0.135. The summed E-state index contributed by atoms with van der Waals surface area (Å²) in [6.07, 6.45) is 1.25. The van der Waals surface area contributed by atoms with Crippen LogP contribution in [0.2, 0.25) is 0 Å². The lowest BCUT2D eigenvalue weighted by molar-refractivity contribution is -0.137. The third-order valence-electron chi connectivity index (χ3n) is 4.98. The van der Waals surface area contributed by atoms with Gasteiger partial charge in [-0.15, -0.1) is 0 Å². The number of carbonyl (C=O) groups is 3. The zero-order valence-electron chi connectivity index (χ0n) is 15.9. The topological polar surface area (TPSA) is 86.7 Å². The van der Waals surface area contributed by atoms with E-state index in [-0.39, 0.29) is 18.2 Å². The van der Waals surface area contributed by atoms with Crippen LogP contribution in [0.1, 0.15) is 52.4 Å². The second-order valence-electron chi connectivity index (χ2n) is 7.10. The summed E-state index contributed by atoms with van der Waals surface area (Å²) in [5.41, 5.74) is 3.05. The Morgan fingerprint density at radius 3 is 2.64 bits per heavy atom. The number of benzene rings is 2. The van der Waals surface area contributed by atoms with E-state index >= 15 is 0 Å². The van der Waals surface area contributed by atoms with Gasteiger partial charge in [0.15, 0.2) is 0 Å². The molecule has 1 saturated heterocycles. The van der Waals surface area contributed by atoms with Crippen molar-refractivity contribution in [1.29, 1.82) is 0 Å². The molecule has 0 radical (unpaired) electrons. The summed E-state index contributed by atoms with van der Waals surface area (Å²) in [5.74, 6) is -1.17. The van der Waals surface area contributed by atoms with Gasteiger partial charge in [0.25, 0.3) is 5.91 Å². The molecule has 3 rings (SSSR count). The van der Waals surface area contributed by atoms with Crippen LogP contribution in [-0.2, 0) is 16.1 Å². The summed E-state index contributed by atoms with van der Waals surface area (Å²) in [6, 6.07) is 13.9. The number of hydrogen-bond acceptors (Lipinski definition) is 3. The molecule has 0 unspecified atom stereocenters. The lowest BCUT2D eigenvalue weighted by atomic mass is 9.98. The minimum atomic E-state index is -0.977. The number of carbonyl (C=O) groups excluding carboxylic acids is 2. The molecule has 0 bridgehead atoms. The second kappa shape index (κ2) is 8.69. The van der Waals surface area contributed by atoms with Crippen molar-refractivity contribution in [3.63, 3.8) is 0 Å². The molecule has 1 atom stereocenters. The molecule has 2 aromatic carbocycles. The minimum Gasteiger partial charge on any atom is -0.481 e. The van der Waals surface area contributed by atoms with Gasteiger partial charge in [-0.25, -0.2) is 0 Å². The fourth-order valence-electron chi connectivity index (χ4n) is 3.54. The van der Waals surface area contributed by atoms with E-state index in [4.69, 9.17) is 0 Å². The zero-order chi connectivity index (χ0) is 20.1. The van der Waals surface area contributed by atoms with Crippen molar-refractivity contribution in [3.05, 3.63) is 70.8 Å². The van der Waals surface area contributed by atoms with Gasteiger partial charge in [0.2, 0.25) is 5.91 Å². The highest BCUT2D eigenvalue weighted by atomic mass is 16.4. The molecular formula is C22H24N2O4. The molecule has 1 aliphatic heterocycles. The van der Waals surface area contributed by atoms with Crippen molar-refractivity contribution in [2.24, 2.45) is 0 Å². The Balaban J connectivity index is 1.76. The van der Waals surface area contributed by atoms with Crippen LogP contribution >= 0.6 is 0 Å². The van der Waals surface area contributed by atoms with Crippen molar-refractivity contribution in [3.8, 4) is 0 Å². The molecule has 146 valence electrons. The lowest BCUT2D eigenvalue weighted by Crippen LogP contribution is -2.31. The van der Waals surface area contributed by atoms with Crippen molar-refractivity contribution >= 4 is 17.8 Å². The first-order chi connectivity index (χ1) is 13.4. The summed E-state index contributed by atoms with van der Waals surface area (Å²) >= 11 is 0. The summed E-state index contributed by atoms with van der Waals surface area (Å²) in [4.78, 5) is 37.7. The highest BCUT2D eigenvalue weighted by molar-refractivity contribution is 5.95. The van der Waals surface area contributed by atoms with Gasteiger partial charge in [0, 0.05) is 25.1 Å². The van der Waals surface area contributed by atoms with E-state index < -0.39 is 12.0 Å². The molecule has 2 amide bonds. The molecule has 1 aliphatic rings. The Kier molecular flexibility index (Phi) is 6.09. The van der Waals surface area contributed by atoms with E-state index in [2.05, 4.69) is 5.32 Å². The van der Waals surface area contributed by atoms with Gasteiger partial charge in [0.1, 0.15) is 0 Å². The number of carboxylic acids is 1. The molecule has 6 heteroatoms. The molecule has 2 N–H and O–H groups in total. The first kappa shape index (κ1) is 19.6. The van der Waals surface area contributed by atoms with Gasteiger partial charge in [-0.2, -0.15) is 0 Å². The molecule has 0 saturated carbocycles. The largest absolute Gasteiger partial charge is 0.481 e. The number of amides is 2. The maximum absolute atomic E-state index is 12.8. The summed E-state index contributed by atoms with van der Waals surface area (Å²) in [5, 5.41) is 12.1. The number of hydrogen-bond donors (Lipinski definition) is 2. The van der Waals surface area contributed by atoms with Crippen LogP contribution in [0.3, 0.4) is 0 Å². The normalized spacial score (nSPS) is 14.8. The number of aryl methyl sites for hydroxylation is 1. The van der Waals surface area contributed by atoms with Crippen LogP contribution in [0.4, 0.5) is 0 Å². The number of nitrogens with zero attached hydrogens (tertiary/aromatic N) is 1. The van der Waals surface area contributed by atoms with Gasteiger partial charge >= 0.3 is 5.97 Å². The smallest absolute Gasteiger partial charge is 0.305 e. The Hall–Kier alpha value is -3.15. The van der Waals surface area contributed by atoms with Crippen molar-refractivity contribution in [1.82, 2.24) is 10.2 Å². The van der Waals surface area contributed by atoms with Crippen molar-refractivity contribution < 1.29 is 19.5 Å². The fourth-order valence-corrected chi connectivity index (χ4v) is 3.54. The summed E-state index contributed by atoms with van der Waals surface area (Å²) < 4.78 is 0. The Morgan fingerprint density at radius 2 is 1.96 bits per heavy atom. The van der Waals surface area contributed by atoms with Gasteiger partial charge < -0.3 is 15.3 Å². The zero-order valence-corrected chi connectivity index (χ0v) is 15.9. The molecule has 1 heterocycles. The van der Waals surface area contributed by atoms with E-state index in [9.17, 15) is 19.5 Å². The Morgan fingerprint density at radius 1 is 1.18 bits per heavy atom. The number of aliphatic carboxylic acids is 1. The third kappa shape index (κ3) is 4.76. The van der Waals surface area contributed by atoms with Crippen LogP contribution in [-0.4, -0.2) is 34.3 Å². The molecule has 2 aromatic rings. The van der Waals surface area contributed by atoms with Crippen LogP contribution in [0.25, 0.3) is 0 Å². The molecule has 1 fully saturated rings. The summed E-state index contributed by atoms with van der Waals surface area (Å²) in [6.45, 7) is 3.11. The van der Waals surface area contributed by atoms with E-state index in [0.29, 0.717) is 18.5 Å². The van der Waals surface area contributed by atoms with E-state index in [0.717, 1.165) is 29.7 Å².